The third kappa shape index (κ3) is 11.5. The van der Waals surface area contributed by atoms with Gasteiger partial charge in [0.05, 0.1) is 0 Å². The van der Waals surface area contributed by atoms with Crippen LogP contribution >= 0.6 is 0 Å². The van der Waals surface area contributed by atoms with Crippen LogP contribution in [0.25, 0.3) is 0 Å². The third-order valence-corrected chi connectivity index (χ3v) is 6.81. The molecule has 0 aliphatic heterocycles. The predicted molar refractivity (Wildman–Crippen MR) is 167 cm³/mol. The van der Waals surface area contributed by atoms with Crippen LogP contribution in [0.4, 0.5) is 4.79 Å². The van der Waals surface area contributed by atoms with Gasteiger partial charge in [0.2, 0.25) is 17.7 Å². The number of carbonyl (C=O) groups is 4. The highest BCUT2D eigenvalue weighted by Gasteiger charge is 2.39. The number of alkyl carbamates (subject to hydrolysis) is 1. The summed E-state index contributed by atoms with van der Waals surface area (Å²) in [6.07, 6.45) is 6.17. The molecule has 0 aliphatic rings. The van der Waals surface area contributed by atoms with E-state index in [0.29, 0.717) is 23.5 Å². The molecule has 0 heterocycles. The van der Waals surface area contributed by atoms with Crippen LogP contribution in [0.2, 0.25) is 0 Å². The summed E-state index contributed by atoms with van der Waals surface area (Å²) in [6, 6.07) is 13.7. The van der Waals surface area contributed by atoms with E-state index in [9.17, 15) is 19.2 Å². The van der Waals surface area contributed by atoms with Gasteiger partial charge in [0, 0.05) is 24.6 Å². The Hall–Kier alpha value is -4.32. The first-order valence-electron chi connectivity index (χ1n) is 14.7. The number of carbonyl (C=O) groups excluding carboxylic acids is 4. The van der Waals surface area contributed by atoms with E-state index in [1.807, 2.05) is 37.3 Å². The van der Waals surface area contributed by atoms with E-state index < -0.39 is 47.5 Å². The fourth-order valence-corrected chi connectivity index (χ4v) is 4.65. The molecule has 3 atom stereocenters. The molecule has 0 radical (unpaired) electrons. The summed E-state index contributed by atoms with van der Waals surface area (Å²) in [5.74, 6) is 1.39. The minimum atomic E-state index is -1.19. The predicted octanol–water partition coefficient (Wildman–Crippen LogP) is 4.84. The zero-order chi connectivity index (χ0) is 32.2. The van der Waals surface area contributed by atoms with Crippen LogP contribution in [0.1, 0.15) is 90.0 Å². The second-order valence-corrected chi connectivity index (χ2v) is 12.1. The van der Waals surface area contributed by atoms with Gasteiger partial charge in [0.25, 0.3) is 0 Å². The van der Waals surface area contributed by atoms with Crippen molar-refractivity contribution in [2.45, 2.75) is 97.5 Å². The summed E-state index contributed by atoms with van der Waals surface area (Å²) in [5.41, 5.74) is 6.43. The molecule has 4 N–H and O–H groups in total. The van der Waals surface area contributed by atoms with Crippen molar-refractivity contribution >= 4 is 23.8 Å². The molecule has 0 fully saturated rings. The number of nitrogens with zero attached hydrogens (tertiary/aromatic N) is 1. The zero-order valence-electron chi connectivity index (χ0n) is 26.2. The maximum Gasteiger partial charge on any atom is 0.408 e. The van der Waals surface area contributed by atoms with Gasteiger partial charge in [-0.05, 0) is 70.1 Å². The monoisotopic (exact) mass is 590 g/mol. The summed E-state index contributed by atoms with van der Waals surface area (Å²) in [4.78, 5) is 54.7. The first kappa shape index (κ1) is 34.9. The second-order valence-electron chi connectivity index (χ2n) is 12.1. The number of hydrogen-bond acceptors (Lipinski definition) is 5. The molecule has 0 spiro atoms. The van der Waals surface area contributed by atoms with Crippen LogP contribution in [0.5, 0.6) is 0 Å². The summed E-state index contributed by atoms with van der Waals surface area (Å²) in [5, 5.41) is 5.61. The summed E-state index contributed by atoms with van der Waals surface area (Å²) in [6.45, 7) is 11.4. The molecule has 4 amide bonds. The van der Waals surface area contributed by atoms with Crippen molar-refractivity contribution in [2.24, 2.45) is 11.7 Å². The van der Waals surface area contributed by atoms with E-state index in [4.69, 9.17) is 16.9 Å². The zero-order valence-corrected chi connectivity index (χ0v) is 26.2. The molecule has 232 valence electrons. The van der Waals surface area contributed by atoms with Crippen molar-refractivity contribution in [1.82, 2.24) is 15.5 Å². The van der Waals surface area contributed by atoms with Crippen molar-refractivity contribution in [3.8, 4) is 12.3 Å². The van der Waals surface area contributed by atoms with Crippen LogP contribution in [0.15, 0.2) is 54.6 Å². The number of rotatable bonds is 14. The Morgan fingerprint density at radius 3 is 2.16 bits per heavy atom. The topological polar surface area (TPSA) is 131 Å². The van der Waals surface area contributed by atoms with E-state index in [2.05, 4.69) is 30.4 Å². The molecule has 0 bridgehead atoms. The molecule has 3 unspecified atom stereocenters. The Bertz CT molecular complexity index is 1280. The van der Waals surface area contributed by atoms with Crippen LogP contribution < -0.4 is 16.4 Å². The van der Waals surface area contributed by atoms with E-state index >= 15 is 0 Å². The summed E-state index contributed by atoms with van der Waals surface area (Å²) >= 11 is 0. The lowest BCUT2D eigenvalue weighted by Crippen LogP contribution is -2.55. The third-order valence-electron chi connectivity index (χ3n) is 6.81. The first-order chi connectivity index (χ1) is 20.2. The van der Waals surface area contributed by atoms with Gasteiger partial charge in [0.15, 0.2) is 0 Å². The normalized spacial score (nSPS) is 13.3. The molecule has 0 saturated heterocycles. The number of amides is 4. The van der Waals surface area contributed by atoms with Gasteiger partial charge in [-0.25, -0.2) is 4.79 Å². The highest BCUT2D eigenvalue weighted by molar-refractivity contribution is 5.93. The number of hydrogen-bond donors (Lipinski definition) is 3. The number of terminal acetylenes is 1. The molecule has 0 saturated carbocycles. The van der Waals surface area contributed by atoms with Crippen molar-refractivity contribution in [1.29, 1.82) is 0 Å². The van der Waals surface area contributed by atoms with Gasteiger partial charge in [-0.2, -0.15) is 0 Å². The number of benzene rings is 2. The molecule has 2 rings (SSSR count). The highest BCUT2D eigenvalue weighted by atomic mass is 16.6. The molecule has 0 aliphatic carbocycles. The summed E-state index contributed by atoms with van der Waals surface area (Å²) < 4.78 is 5.42. The van der Waals surface area contributed by atoms with Crippen LogP contribution in [0, 0.1) is 18.3 Å². The van der Waals surface area contributed by atoms with Gasteiger partial charge in [-0.3, -0.25) is 14.4 Å². The fraction of sp³-hybridized carbons (Fsp3) is 0.471. The lowest BCUT2D eigenvalue weighted by Gasteiger charge is -2.39. The number of primary amides is 1. The standard InChI is InChI=1S/C34H46N4O5/c1-8-26-16-12-13-17-27(26)30(31(40)36-22-25-14-10-9-11-15-25)38(24(4)19-18-23(2)3)32(41)28(20-21-29(35)39)37-33(42)43-34(5,6)7/h1,9-17,23-24,28,30H,18-22H2,2-7H3,(H2,35,39)(H,36,40)(H,37,42). The maximum atomic E-state index is 14.5. The number of ether oxygens (including phenoxy) is 1. The average Bonchev–Trinajstić information content (AvgIpc) is 2.94. The van der Waals surface area contributed by atoms with E-state index in [-0.39, 0.29) is 19.4 Å². The SMILES string of the molecule is C#Cc1ccccc1C(C(=O)NCc1ccccc1)N(C(=O)C(CCC(N)=O)NC(=O)OC(C)(C)C)C(C)CCC(C)C. The molecule has 9 heteroatoms. The molecule has 43 heavy (non-hydrogen) atoms. The van der Waals surface area contributed by atoms with Gasteiger partial charge in [-0.15, -0.1) is 6.42 Å². The quantitative estimate of drug-likeness (QED) is 0.271. The van der Waals surface area contributed by atoms with Crippen LogP contribution in [-0.4, -0.2) is 46.4 Å². The Balaban J connectivity index is 2.64. The first-order valence-corrected chi connectivity index (χ1v) is 14.7. The molecule has 9 nitrogen and oxygen atoms in total. The molecular weight excluding hydrogens is 544 g/mol. The van der Waals surface area contributed by atoms with Crippen molar-refractivity contribution in [2.75, 3.05) is 0 Å². The van der Waals surface area contributed by atoms with Gasteiger partial charge >= 0.3 is 6.09 Å². The number of nitrogens with two attached hydrogens (primary N) is 1. The van der Waals surface area contributed by atoms with E-state index in [1.54, 1.807) is 45.0 Å². The maximum absolute atomic E-state index is 14.5. The molecular formula is C34H46N4O5. The van der Waals surface area contributed by atoms with Gasteiger partial charge in [0.1, 0.15) is 17.7 Å². The minimum Gasteiger partial charge on any atom is -0.444 e. The molecule has 2 aromatic rings. The smallest absolute Gasteiger partial charge is 0.408 e. The fourth-order valence-electron chi connectivity index (χ4n) is 4.65. The van der Waals surface area contributed by atoms with Gasteiger partial charge < -0.3 is 26.0 Å². The minimum absolute atomic E-state index is 0.0735. The van der Waals surface area contributed by atoms with Crippen molar-refractivity contribution in [3.63, 3.8) is 0 Å². The van der Waals surface area contributed by atoms with E-state index in [0.717, 1.165) is 12.0 Å². The number of nitrogens with one attached hydrogen (secondary N) is 2. The Morgan fingerprint density at radius 1 is 0.953 bits per heavy atom. The second kappa shape index (κ2) is 16.4. The summed E-state index contributed by atoms with van der Waals surface area (Å²) in [7, 11) is 0. The lowest BCUT2D eigenvalue weighted by atomic mass is 9.94. The van der Waals surface area contributed by atoms with Gasteiger partial charge in [-0.1, -0.05) is 68.3 Å². The van der Waals surface area contributed by atoms with E-state index in [1.165, 1.54) is 4.90 Å². The lowest BCUT2D eigenvalue weighted by molar-refractivity contribution is -0.145. The van der Waals surface area contributed by atoms with Crippen molar-refractivity contribution in [3.05, 3.63) is 71.3 Å². The largest absolute Gasteiger partial charge is 0.444 e. The Labute approximate surface area is 255 Å². The van der Waals surface area contributed by atoms with Crippen LogP contribution in [0.3, 0.4) is 0 Å². The Kier molecular flexibility index (Phi) is 13.3. The Morgan fingerprint density at radius 2 is 1.58 bits per heavy atom. The van der Waals surface area contributed by atoms with Crippen molar-refractivity contribution < 1.29 is 23.9 Å². The molecule has 0 aromatic heterocycles. The molecule has 2 aromatic carbocycles. The average molecular weight is 591 g/mol. The highest BCUT2D eigenvalue weighted by Crippen LogP contribution is 2.30. The van der Waals surface area contributed by atoms with Crippen LogP contribution in [-0.2, 0) is 25.7 Å².